The molecule has 0 aliphatic carbocycles. The maximum Gasteiger partial charge on any atom is 0.182 e. The minimum atomic E-state index is -0.806. The van der Waals surface area contributed by atoms with E-state index in [1.165, 1.54) is 6.07 Å². The van der Waals surface area contributed by atoms with Crippen molar-refractivity contribution in [2.75, 3.05) is 19.6 Å². The lowest BCUT2D eigenvalue weighted by molar-refractivity contribution is -0.0652. The van der Waals surface area contributed by atoms with Gasteiger partial charge in [0.05, 0.1) is 24.3 Å². The standard InChI is InChI=1S/C14H17F2NO2/c1-9-6-17(7-10(2)19-9)8-13(18)14-11(15)4-3-5-12(14)16/h3-5,9-10H,6-8H2,1-2H3/t9-,10+. The zero-order valence-electron chi connectivity index (χ0n) is 11.0. The second-order valence-electron chi connectivity index (χ2n) is 4.97. The van der Waals surface area contributed by atoms with Gasteiger partial charge in [-0.1, -0.05) is 6.07 Å². The monoisotopic (exact) mass is 269 g/mol. The summed E-state index contributed by atoms with van der Waals surface area (Å²) in [5.74, 6) is -2.14. The van der Waals surface area contributed by atoms with Crippen molar-refractivity contribution in [3.63, 3.8) is 0 Å². The molecule has 1 heterocycles. The quantitative estimate of drug-likeness (QED) is 0.788. The lowest BCUT2D eigenvalue weighted by Gasteiger charge is -2.34. The van der Waals surface area contributed by atoms with Gasteiger partial charge in [0.2, 0.25) is 0 Å². The molecule has 1 fully saturated rings. The first-order valence-corrected chi connectivity index (χ1v) is 6.32. The minimum absolute atomic E-state index is 0.00981. The van der Waals surface area contributed by atoms with Crippen LogP contribution in [0.2, 0.25) is 0 Å². The summed E-state index contributed by atoms with van der Waals surface area (Å²) >= 11 is 0. The third-order valence-electron chi connectivity index (χ3n) is 3.10. The Morgan fingerprint density at radius 2 is 1.79 bits per heavy atom. The molecular weight excluding hydrogens is 252 g/mol. The van der Waals surface area contributed by atoms with Crippen molar-refractivity contribution in [2.45, 2.75) is 26.1 Å². The molecule has 0 saturated carbocycles. The highest BCUT2D eigenvalue weighted by Crippen LogP contribution is 2.15. The van der Waals surface area contributed by atoms with Crippen LogP contribution in [0, 0.1) is 11.6 Å². The Morgan fingerprint density at radius 3 is 2.32 bits per heavy atom. The zero-order chi connectivity index (χ0) is 14.0. The van der Waals surface area contributed by atoms with Crippen molar-refractivity contribution in [1.29, 1.82) is 0 Å². The molecule has 104 valence electrons. The van der Waals surface area contributed by atoms with Gasteiger partial charge in [0.1, 0.15) is 11.6 Å². The van der Waals surface area contributed by atoms with E-state index in [1.807, 2.05) is 18.7 Å². The van der Waals surface area contributed by atoms with Gasteiger partial charge in [0.25, 0.3) is 0 Å². The maximum absolute atomic E-state index is 13.5. The predicted octanol–water partition coefficient (Wildman–Crippen LogP) is 2.26. The molecule has 1 saturated heterocycles. The number of benzene rings is 1. The van der Waals surface area contributed by atoms with Gasteiger partial charge in [-0.05, 0) is 26.0 Å². The SMILES string of the molecule is C[C@@H]1CN(CC(=O)c2c(F)cccc2F)C[C@H](C)O1. The van der Waals surface area contributed by atoms with Gasteiger partial charge in [-0.2, -0.15) is 0 Å². The molecule has 1 aliphatic heterocycles. The predicted molar refractivity (Wildman–Crippen MR) is 67.1 cm³/mol. The number of hydrogen-bond donors (Lipinski definition) is 0. The van der Waals surface area contributed by atoms with E-state index in [2.05, 4.69) is 0 Å². The lowest BCUT2D eigenvalue weighted by Crippen LogP contribution is -2.47. The van der Waals surface area contributed by atoms with Crippen LogP contribution in [0.1, 0.15) is 24.2 Å². The summed E-state index contributed by atoms with van der Waals surface area (Å²) in [4.78, 5) is 13.9. The summed E-state index contributed by atoms with van der Waals surface area (Å²) in [6.45, 7) is 5.02. The van der Waals surface area contributed by atoms with E-state index < -0.39 is 23.0 Å². The van der Waals surface area contributed by atoms with Gasteiger partial charge < -0.3 is 4.74 Å². The van der Waals surface area contributed by atoms with Crippen LogP contribution in [0.15, 0.2) is 18.2 Å². The number of nitrogens with zero attached hydrogens (tertiary/aromatic N) is 1. The molecule has 2 rings (SSSR count). The van der Waals surface area contributed by atoms with Crippen LogP contribution in [0.4, 0.5) is 8.78 Å². The minimum Gasteiger partial charge on any atom is -0.373 e. The largest absolute Gasteiger partial charge is 0.373 e. The van der Waals surface area contributed by atoms with Gasteiger partial charge in [-0.25, -0.2) is 8.78 Å². The van der Waals surface area contributed by atoms with Gasteiger partial charge in [-0.3, -0.25) is 9.69 Å². The van der Waals surface area contributed by atoms with Crippen LogP contribution >= 0.6 is 0 Å². The topological polar surface area (TPSA) is 29.5 Å². The lowest BCUT2D eigenvalue weighted by atomic mass is 10.1. The van der Waals surface area contributed by atoms with E-state index >= 15 is 0 Å². The summed E-state index contributed by atoms with van der Waals surface area (Å²) in [7, 11) is 0. The van der Waals surface area contributed by atoms with Crippen molar-refractivity contribution < 1.29 is 18.3 Å². The van der Waals surface area contributed by atoms with Crippen LogP contribution in [0.25, 0.3) is 0 Å². The zero-order valence-corrected chi connectivity index (χ0v) is 11.0. The first kappa shape index (κ1) is 14.1. The molecule has 0 bridgehead atoms. The number of hydrogen-bond acceptors (Lipinski definition) is 3. The molecule has 0 spiro atoms. The average molecular weight is 269 g/mol. The molecule has 0 N–H and O–H groups in total. The molecule has 0 aromatic heterocycles. The Kier molecular flexibility index (Phi) is 4.27. The highest BCUT2D eigenvalue weighted by Gasteiger charge is 2.26. The van der Waals surface area contributed by atoms with Gasteiger partial charge in [0, 0.05) is 13.1 Å². The number of carbonyl (C=O) groups is 1. The van der Waals surface area contributed by atoms with Crippen molar-refractivity contribution >= 4 is 5.78 Å². The van der Waals surface area contributed by atoms with Crippen molar-refractivity contribution in [1.82, 2.24) is 4.90 Å². The second kappa shape index (κ2) is 5.75. The molecule has 0 unspecified atom stereocenters. The Balaban J connectivity index is 2.09. The Hall–Kier alpha value is -1.33. The molecule has 1 aliphatic rings. The van der Waals surface area contributed by atoms with Gasteiger partial charge in [-0.15, -0.1) is 0 Å². The summed E-state index contributed by atoms with van der Waals surface area (Å²) in [5, 5.41) is 0. The first-order chi connectivity index (χ1) is 8.97. The highest BCUT2D eigenvalue weighted by molar-refractivity contribution is 5.98. The molecule has 3 nitrogen and oxygen atoms in total. The number of halogens is 2. The van der Waals surface area contributed by atoms with Crippen LogP contribution in [0.3, 0.4) is 0 Å². The smallest absolute Gasteiger partial charge is 0.182 e. The average Bonchev–Trinajstić information content (AvgIpc) is 2.26. The number of ether oxygens (including phenoxy) is 1. The molecular formula is C14H17F2NO2. The van der Waals surface area contributed by atoms with Crippen LogP contribution in [0.5, 0.6) is 0 Å². The van der Waals surface area contributed by atoms with E-state index in [-0.39, 0.29) is 18.8 Å². The molecule has 19 heavy (non-hydrogen) atoms. The summed E-state index contributed by atoms with van der Waals surface area (Å²) in [6.07, 6.45) is 0.0315. The number of carbonyl (C=O) groups excluding carboxylic acids is 1. The normalized spacial score (nSPS) is 24.4. The van der Waals surface area contributed by atoms with E-state index in [0.717, 1.165) is 12.1 Å². The van der Waals surface area contributed by atoms with Crippen molar-refractivity contribution in [3.8, 4) is 0 Å². The number of ketones is 1. The number of Topliss-reactive ketones (excluding diaryl/α,β-unsaturated/α-hetero) is 1. The fraction of sp³-hybridized carbons (Fsp3) is 0.500. The van der Waals surface area contributed by atoms with Crippen LogP contribution in [-0.2, 0) is 4.74 Å². The highest BCUT2D eigenvalue weighted by atomic mass is 19.1. The van der Waals surface area contributed by atoms with Crippen LogP contribution in [-0.4, -0.2) is 42.5 Å². The summed E-state index contributed by atoms with van der Waals surface area (Å²) in [6, 6.07) is 3.45. The fourth-order valence-corrected chi connectivity index (χ4v) is 2.46. The Morgan fingerprint density at radius 1 is 1.26 bits per heavy atom. The molecule has 0 radical (unpaired) electrons. The Bertz CT molecular complexity index is 448. The third-order valence-corrected chi connectivity index (χ3v) is 3.10. The summed E-state index contributed by atoms with van der Waals surface area (Å²) < 4.78 is 32.6. The molecule has 1 aromatic carbocycles. The maximum atomic E-state index is 13.5. The van der Waals surface area contributed by atoms with Gasteiger partial charge >= 0.3 is 0 Å². The van der Waals surface area contributed by atoms with E-state index in [0.29, 0.717) is 13.1 Å². The molecule has 0 amide bonds. The van der Waals surface area contributed by atoms with E-state index in [1.54, 1.807) is 0 Å². The second-order valence-corrected chi connectivity index (χ2v) is 4.97. The third kappa shape index (κ3) is 3.36. The van der Waals surface area contributed by atoms with Gasteiger partial charge in [0.15, 0.2) is 5.78 Å². The molecule has 2 atom stereocenters. The van der Waals surface area contributed by atoms with E-state index in [9.17, 15) is 13.6 Å². The summed E-state index contributed by atoms with van der Waals surface area (Å²) in [5.41, 5.74) is -0.450. The molecule has 1 aromatic rings. The number of morpholine rings is 1. The van der Waals surface area contributed by atoms with Crippen LogP contribution < -0.4 is 0 Å². The first-order valence-electron chi connectivity index (χ1n) is 6.32. The number of rotatable bonds is 3. The molecule has 5 heteroatoms. The van der Waals surface area contributed by atoms with Crippen molar-refractivity contribution in [3.05, 3.63) is 35.4 Å². The van der Waals surface area contributed by atoms with E-state index in [4.69, 9.17) is 4.74 Å². The fourth-order valence-electron chi connectivity index (χ4n) is 2.46. The van der Waals surface area contributed by atoms with Crippen molar-refractivity contribution in [2.24, 2.45) is 0 Å². The Labute approximate surface area is 111 Å².